The maximum atomic E-state index is 12.0. The highest BCUT2D eigenvalue weighted by Crippen LogP contribution is 2.43. The van der Waals surface area contributed by atoms with Crippen LogP contribution in [0, 0.1) is 5.41 Å². The van der Waals surface area contributed by atoms with E-state index in [1.165, 1.54) is 17.7 Å². The highest BCUT2D eigenvalue weighted by molar-refractivity contribution is 6.05. The number of likely N-dealkylation sites (tertiary alicyclic amines) is 1. The molecule has 1 spiro atoms. The zero-order valence-electron chi connectivity index (χ0n) is 8.71. The fourth-order valence-corrected chi connectivity index (χ4v) is 2.75. The molecule has 1 saturated heterocycles. The number of hydrogen-bond acceptors (Lipinski definition) is 2. The summed E-state index contributed by atoms with van der Waals surface area (Å²) in [7, 11) is 1.62. The van der Waals surface area contributed by atoms with Crippen LogP contribution in [0.4, 0.5) is 0 Å². The van der Waals surface area contributed by atoms with Gasteiger partial charge in [0.25, 0.3) is 0 Å². The lowest BCUT2D eigenvalue weighted by Crippen LogP contribution is -2.32. The van der Waals surface area contributed by atoms with Gasteiger partial charge in [0, 0.05) is 13.5 Å². The van der Waals surface area contributed by atoms with Gasteiger partial charge in [0.05, 0.1) is 5.41 Å². The van der Waals surface area contributed by atoms with E-state index in [1.807, 2.05) is 0 Å². The number of rotatable bonds is 0. The number of carbonyl (C=O) groups is 2. The van der Waals surface area contributed by atoms with Crippen LogP contribution in [0.15, 0.2) is 0 Å². The normalized spacial score (nSPS) is 27.1. The van der Waals surface area contributed by atoms with Gasteiger partial charge >= 0.3 is 0 Å². The molecule has 78 valence electrons. The molecule has 14 heavy (non-hydrogen) atoms. The van der Waals surface area contributed by atoms with Crippen LogP contribution < -0.4 is 0 Å². The van der Waals surface area contributed by atoms with Gasteiger partial charge in [-0.05, 0) is 12.8 Å². The van der Waals surface area contributed by atoms with Gasteiger partial charge in [0.1, 0.15) is 0 Å². The van der Waals surface area contributed by atoms with Crippen LogP contribution in [0.1, 0.15) is 44.9 Å². The molecule has 0 aromatic rings. The second-order valence-corrected chi connectivity index (χ2v) is 4.63. The summed E-state index contributed by atoms with van der Waals surface area (Å²) in [6.07, 6.45) is 6.94. The van der Waals surface area contributed by atoms with Gasteiger partial charge < -0.3 is 0 Å². The predicted octanol–water partition coefficient (Wildman–Crippen LogP) is 1.72. The van der Waals surface area contributed by atoms with Crippen molar-refractivity contribution >= 4 is 11.8 Å². The Labute approximate surface area is 84.5 Å². The summed E-state index contributed by atoms with van der Waals surface area (Å²) in [6, 6.07) is 0. The second kappa shape index (κ2) is 3.37. The van der Waals surface area contributed by atoms with Gasteiger partial charge in [-0.15, -0.1) is 0 Å². The summed E-state index contributed by atoms with van der Waals surface area (Å²) in [5, 5.41) is 0. The van der Waals surface area contributed by atoms with Crippen molar-refractivity contribution in [2.45, 2.75) is 44.9 Å². The van der Waals surface area contributed by atoms with E-state index in [0.29, 0.717) is 6.42 Å². The predicted molar refractivity (Wildman–Crippen MR) is 52.5 cm³/mol. The minimum absolute atomic E-state index is 0.0110. The minimum atomic E-state index is -0.303. The molecule has 1 aliphatic carbocycles. The van der Waals surface area contributed by atoms with E-state index in [9.17, 15) is 9.59 Å². The first-order chi connectivity index (χ1) is 6.66. The third-order valence-corrected chi connectivity index (χ3v) is 3.68. The Morgan fingerprint density at radius 3 is 2.07 bits per heavy atom. The van der Waals surface area contributed by atoms with Gasteiger partial charge in [0.15, 0.2) is 0 Å². The zero-order valence-corrected chi connectivity index (χ0v) is 8.71. The van der Waals surface area contributed by atoms with Gasteiger partial charge in [-0.2, -0.15) is 0 Å². The van der Waals surface area contributed by atoms with Gasteiger partial charge in [0.2, 0.25) is 11.8 Å². The standard InChI is InChI=1S/C11H17NO2/c1-12-9(13)8-11(10(12)14)6-4-2-3-5-7-11/h2-8H2,1H3. The van der Waals surface area contributed by atoms with Crippen LogP contribution >= 0.6 is 0 Å². The molecule has 2 fully saturated rings. The van der Waals surface area contributed by atoms with Crippen molar-refractivity contribution in [3.8, 4) is 0 Å². The Hall–Kier alpha value is -0.860. The molecule has 0 aromatic carbocycles. The third-order valence-electron chi connectivity index (χ3n) is 3.68. The number of imide groups is 1. The first-order valence-electron chi connectivity index (χ1n) is 5.47. The van der Waals surface area contributed by atoms with E-state index in [2.05, 4.69) is 0 Å². The molecule has 0 bridgehead atoms. The van der Waals surface area contributed by atoms with Crippen LogP contribution in [0.3, 0.4) is 0 Å². The summed E-state index contributed by atoms with van der Waals surface area (Å²) < 4.78 is 0. The van der Waals surface area contributed by atoms with E-state index in [1.54, 1.807) is 7.05 Å². The van der Waals surface area contributed by atoms with E-state index >= 15 is 0 Å². The van der Waals surface area contributed by atoms with Crippen molar-refractivity contribution in [3.05, 3.63) is 0 Å². The maximum Gasteiger partial charge on any atom is 0.235 e. The first kappa shape index (κ1) is 9.69. The average Bonchev–Trinajstić information content (AvgIpc) is 2.38. The molecule has 2 amide bonds. The van der Waals surface area contributed by atoms with Crippen LogP contribution in [-0.2, 0) is 9.59 Å². The SMILES string of the molecule is CN1C(=O)CC2(CCCCCC2)C1=O. The maximum absolute atomic E-state index is 12.0. The lowest BCUT2D eigenvalue weighted by atomic mass is 9.79. The summed E-state index contributed by atoms with van der Waals surface area (Å²) >= 11 is 0. The Kier molecular flexibility index (Phi) is 2.33. The molecular weight excluding hydrogens is 178 g/mol. The van der Waals surface area contributed by atoms with E-state index in [4.69, 9.17) is 0 Å². The summed E-state index contributed by atoms with van der Waals surface area (Å²) in [5.74, 6) is 0.0845. The van der Waals surface area contributed by atoms with Gasteiger partial charge in [-0.1, -0.05) is 25.7 Å². The molecule has 3 nitrogen and oxygen atoms in total. The van der Waals surface area contributed by atoms with Crippen LogP contribution in [0.5, 0.6) is 0 Å². The lowest BCUT2D eigenvalue weighted by Gasteiger charge is -2.23. The van der Waals surface area contributed by atoms with Crippen LogP contribution in [0.2, 0.25) is 0 Å². The molecule has 0 aromatic heterocycles. The molecule has 1 saturated carbocycles. The largest absolute Gasteiger partial charge is 0.285 e. The second-order valence-electron chi connectivity index (χ2n) is 4.63. The molecule has 2 aliphatic rings. The fraction of sp³-hybridized carbons (Fsp3) is 0.818. The Bertz CT molecular complexity index is 264. The summed E-state index contributed by atoms with van der Waals surface area (Å²) in [5.41, 5.74) is -0.303. The molecule has 0 unspecified atom stereocenters. The molecular formula is C11H17NO2. The fourth-order valence-electron chi connectivity index (χ4n) is 2.75. The molecule has 0 radical (unpaired) electrons. The highest BCUT2D eigenvalue weighted by atomic mass is 16.2. The number of amides is 2. The summed E-state index contributed by atoms with van der Waals surface area (Å²) in [6.45, 7) is 0. The Balaban J connectivity index is 2.22. The monoisotopic (exact) mass is 195 g/mol. The van der Waals surface area contributed by atoms with E-state index < -0.39 is 0 Å². The summed E-state index contributed by atoms with van der Waals surface area (Å²) in [4.78, 5) is 24.8. The quantitative estimate of drug-likeness (QED) is 0.552. The van der Waals surface area contributed by atoms with Gasteiger partial charge in [-0.3, -0.25) is 14.5 Å². The molecule has 1 heterocycles. The molecule has 0 N–H and O–H groups in total. The van der Waals surface area contributed by atoms with Crippen molar-refractivity contribution in [3.63, 3.8) is 0 Å². The van der Waals surface area contributed by atoms with Crippen molar-refractivity contribution in [1.82, 2.24) is 4.90 Å². The number of nitrogens with zero attached hydrogens (tertiary/aromatic N) is 1. The topological polar surface area (TPSA) is 37.4 Å². The first-order valence-corrected chi connectivity index (χ1v) is 5.47. The third kappa shape index (κ3) is 1.35. The Morgan fingerprint density at radius 2 is 1.64 bits per heavy atom. The highest BCUT2D eigenvalue weighted by Gasteiger charge is 2.49. The van der Waals surface area contributed by atoms with Gasteiger partial charge in [-0.25, -0.2) is 0 Å². The number of hydrogen-bond donors (Lipinski definition) is 0. The molecule has 3 heteroatoms. The Morgan fingerprint density at radius 1 is 1.07 bits per heavy atom. The van der Waals surface area contributed by atoms with E-state index in [-0.39, 0.29) is 17.2 Å². The van der Waals surface area contributed by atoms with Crippen molar-refractivity contribution < 1.29 is 9.59 Å². The molecule has 0 atom stereocenters. The van der Waals surface area contributed by atoms with Crippen LogP contribution in [-0.4, -0.2) is 23.8 Å². The number of carbonyl (C=O) groups excluding carboxylic acids is 2. The zero-order chi connectivity index (χ0) is 10.2. The van der Waals surface area contributed by atoms with Crippen LogP contribution in [0.25, 0.3) is 0 Å². The minimum Gasteiger partial charge on any atom is -0.285 e. The van der Waals surface area contributed by atoms with Crippen molar-refractivity contribution in [2.24, 2.45) is 5.41 Å². The van der Waals surface area contributed by atoms with Crippen molar-refractivity contribution in [1.29, 1.82) is 0 Å². The molecule has 1 aliphatic heterocycles. The molecule has 2 rings (SSSR count). The lowest BCUT2D eigenvalue weighted by molar-refractivity contribution is -0.140. The average molecular weight is 195 g/mol. The smallest absolute Gasteiger partial charge is 0.235 e. The van der Waals surface area contributed by atoms with E-state index in [0.717, 1.165) is 25.7 Å². The van der Waals surface area contributed by atoms with Crippen molar-refractivity contribution in [2.75, 3.05) is 7.05 Å².